The standard InChI is InChI=1S/C14H21N5O/c1-2-20-10-6-9-13(17-15)14-11-16-18-19(14)12-7-4-3-5-8-12/h3-5,7-8,11,13,17H,2,6,9-10,15H2,1H3. The lowest BCUT2D eigenvalue weighted by atomic mass is 10.1. The van der Waals surface area contributed by atoms with Crippen molar-refractivity contribution in [1.82, 2.24) is 20.4 Å². The van der Waals surface area contributed by atoms with Crippen LogP contribution in [0.25, 0.3) is 5.69 Å². The summed E-state index contributed by atoms with van der Waals surface area (Å²) in [7, 11) is 0. The molecule has 0 saturated carbocycles. The van der Waals surface area contributed by atoms with Crippen molar-refractivity contribution in [2.75, 3.05) is 13.2 Å². The highest BCUT2D eigenvalue weighted by Crippen LogP contribution is 2.19. The number of ether oxygens (including phenoxy) is 1. The van der Waals surface area contributed by atoms with Gasteiger partial charge in [0.1, 0.15) is 0 Å². The minimum atomic E-state index is 0.00524. The van der Waals surface area contributed by atoms with Gasteiger partial charge in [0.15, 0.2) is 0 Å². The number of rotatable bonds is 8. The molecule has 1 aromatic carbocycles. The summed E-state index contributed by atoms with van der Waals surface area (Å²) in [5.41, 5.74) is 4.77. The third-order valence-corrected chi connectivity index (χ3v) is 3.12. The zero-order valence-electron chi connectivity index (χ0n) is 11.7. The number of hydrazine groups is 1. The summed E-state index contributed by atoms with van der Waals surface area (Å²) < 4.78 is 7.16. The average molecular weight is 275 g/mol. The summed E-state index contributed by atoms with van der Waals surface area (Å²) in [4.78, 5) is 0. The number of hydrogen-bond donors (Lipinski definition) is 2. The van der Waals surface area contributed by atoms with E-state index in [1.54, 1.807) is 6.20 Å². The van der Waals surface area contributed by atoms with E-state index in [9.17, 15) is 0 Å². The highest BCUT2D eigenvalue weighted by molar-refractivity contribution is 5.32. The summed E-state index contributed by atoms with van der Waals surface area (Å²) in [6, 6.07) is 9.91. The molecule has 20 heavy (non-hydrogen) atoms. The highest BCUT2D eigenvalue weighted by atomic mass is 16.5. The third-order valence-electron chi connectivity index (χ3n) is 3.12. The van der Waals surface area contributed by atoms with Crippen LogP contribution in [0.3, 0.4) is 0 Å². The van der Waals surface area contributed by atoms with Crippen LogP contribution in [0.1, 0.15) is 31.5 Å². The Kier molecular flexibility index (Phi) is 5.67. The molecule has 0 aliphatic carbocycles. The van der Waals surface area contributed by atoms with Gasteiger partial charge in [-0.2, -0.15) is 0 Å². The number of nitrogens with two attached hydrogens (primary N) is 1. The fourth-order valence-corrected chi connectivity index (χ4v) is 2.10. The molecule has 6 nitrogen and oxygen atoms in total. The SMILES string of the molecule is CCOCCCC(NN)c1cnnn1-c1ccccc1. The molecule has 1 heterocycles. The molecule has 0 radical (unpaired) electrons. The van der Waals surface area contributed by atoms with Crippen molar-refractivity contribution >= 4 is 0 Å². The number of benzene rings is 1. The van der Waals surface area contributed by atoms with Gasteiger partial charge in [0.05, 0.1) is 23.6 Å². The van der Waals surface area contributed by atoms with Crippen molar-refractivity contribution in [3.63, 3.8) is 0 Å². The van der Waals surface area contributed by atoms with E-state index in [2.05, 4.69) is 15.7 Å². The highest BCUT2D eigenvalue weighted by Gasteiger charge is 2.16. The lowest BCUT2D eigenvalue weighted by molar-refractivity contribution is 0.140. The predicted octanol–water partition coefficient (Wildman–Crippen LogP) is 1.59. The van der Waals surface area contributed by atoms with Gasteiger partial charge in [0.25, 0.3) is 0 Å². The minimum Gasteiger partial charge on any atom is -0.382 e. The van der Waals surface area contributed by atoms with Crippen molar-refractivity contribution < 1.29 is 4.74 Å². The van der Waals surface area contributed by atoms with Crippen LogP contribution in [0.5, 0.6) is 0 Å². The van der Waals surface area contributed by atoms with Gasteiger partial charge in [-0.05, 0) is 31.9 Å². The van der Waals surface area contributed by atoms with Gasteiger partial charge >= 0.3 is 0 Å². The van der Waals surface area contributed by atoms with Gasteiger partial charge in [-0.25, -0.2) is 4.68 Å². The van der Waals surface area contributed by atoms with Gasteiger partial charge in [-0.1, -0.05) is 23.4 Å². The predicted molar refractivity (Wildman–Crippen MR) is 77.2 cm³/mol. The van der Waals surface area contributed by atoms with Crippen LogP contribution in [0, 0.1) is 0 Å². The fraction of sp³-hybridized carbons (Fsp3) is 0.429. The summed E-state index contributed by atoms with van der Waals surface area (Å²) in [5.74, 6) is 5.67. The molecule has 2 aromatic rings. The summed E-state index contributed by atoms with van der Waals surface area (Å²) >= 11 is 0. The van der Waals surface area contributed by atoms with Crippen molar-refractivity contribution in [3.8, 4) is 5.69 Å². The second-order valence-electron chi connectivity index (χ2n) is 4.46. The summed E-state index contributed by atoms with van der Waals surface area (Å²) in [6.07, 6.45) is 3.55. The van der Waals surface area contributed by atoms with E-state index in [1.165, 1.54) is 0 Å². The zero-order chi connectivity index (χ0) is 14.2. The topological polar surface area (TPSA) is 78.0 Å². The first-order chi connectivity index (χ1) is 9.86. The maximum Gasteiger partial charge on any atom is 0.0828 e. The second kappa shape index (κ2) is 7.74. The first-order valence-corrected chi connectivity index (χ1v) is 6.86. The van der Waals surface area contributed by atoms with E-state index in [1.807, 2.05) is 41.9 Å². The van der Waals surface area contributed by atoms with E-state index in [0.29, 0.717) is 0 Å². The first kappa shape index (κ1) is 14.6. The second-order valence-corrected chi connectivity index (χ2v) is 4.46. The van der Waals surface area contributed by atoms with Gasteiger partial charge in [0.2, 0.25) is 0 Å². The molecule has 0 spiro atoms. The Balaban J connectivity index is 2.09. The number of nitrogens with zero attached hydrogens (tertiary/aromatic N) is 3. The number of nitrogens with one attached hydrogen (secondary N) is 1. The molecule has 0 fully saturated rings. The van der Waals surface area contributed by atoms with Gasteiger partial charge in [-0.15, -0.1) is 5.10 Å². The Hall–Kier alpha value is -1.76. The zero-order valence-corrected chi connectivity index (χ0v) is 11.7. The van der Waals surface area contributed by atoms with Crippen molar-refractivity contribution in [2.45, 2.75) is 25.8 Å². The minimum absolute atomic E-state index is 0.00524. The van der Waals surface area contributed by atoms with Gasteiger partial charge < -0.3 is 4.74 Å². The van der Waals surface area contributed by atoms with E-state index in [4.69, 9.17) is 10.6 Å². The van der Waals surface area contributed by atoms with Gasteiger partial charge in [-0.3, -0.25) is 11.3 Å². The lowest BCUT2D eigenvalue weighted by Crippen LogP contribution is -2.30. The molecule has 1 unspecified atom stereocenters. The van der Waals surface area contributed by atoms with Crippen molar-refractivity contribution in [3.05, 3.63) is 42.2 Å². The number of aromatic nitrogens is 3. The van der Waals surface area contributed by atoms with Crippen LogP contribution in [0.2, 0.25) is 0 Å². The van der Waals surface area contributed by atoms with Crippen molar-refractivity contribution in [1.29, 1.82) is 0 Å². The number of hydrogen-bond acceptors (Lipinski definition) is 5. The average Bonchev–Trinajstić information content (AvgIpc) is 2.98. The molecule has 0 saturated heterocycles. The quantitative estimate of drug-likeness (QED) is 0.434. The van der Waals surface area contributed by atoms with Crippen LogP contribution < -0.4 is 11.3 Å². The molecule has 0 bridgehead atoms. The molecule has 1 atom stereocenters. The summed E-state index contributed by atoms with van der Waals surface area (Å²) in [6.45, 7) is 3.47. The lowest BCUT2D eigenvalue weighted by Gasteiger charge is -2.16. The Morgan fingerprint density at radius 3 is 2.85 bits per heavy atom. The molecule has 108 valence electrons. The molecular weight excluding hydrogens is 254 g/mol. The number of para-hydroxylation sites is 1. The van der Waals surface area contributed by atoms with Crippen LogP contribution in [-0.2, 0) is 4.74 Å². The third kappa shape index (κ3) is 3.63. The molecule has 6 heteroatoms. The maximum atomic E-state index is 5.67. The normalized spacial score (nSPS) is 12.5. The molecule has 1 aromatic heterocycles. The van der Waals surface area contributed by atoms with Crippen molar-refractivity contribution in [2.24, 2.45) is 5.84 Å². The molecule has 2 rings (SSSR count). The molecule has 0 aliphatic heterocycles. The van der Waals surface area contributed by atoms with E-state index in [0.717, 1.165) is 37.4 Å². The van der Waals surface area contributed by atoms with Crippen LogP contribution >= 0.6 is 0 Å². The molecular formula is C14H21N5O. The smallest absolute Gasteiger partial charge is 0.0828 e. The van der Waals surface area contributed by atoms with Crippen LogP contribution in [0.4, 0.5) is 0 Å². The monoisotopic (exact) mass is 275 g/mol. The first-order valence-electron chi connectivity index (χ1n) is 6.86. The van der Waals surface area contributed by atoms with E-state index in [-0.39, 0.29) is 6.04 Å². The summed E-state index contributed by atoms with van der Waals surface area (Å²) in [5, 5.41) is 8.14. The van der Waals surface area contributed by atoms with Crippen LogP contribution in [-0.4, -0.2) is 28.2 Å². The van der Waals surface area contributed by atoms with E-state index >= 15 is 0 Å². The molecule has 3 N–H and O–H groups in total. The molecule has 0 aliphatic rings. The largest absolute Gasteiger partial charge is 0.382 e. The Morgan fingerprint density at radius 1 is 1.35 bits per heavy atom. The Labute approximate surface area is 118 Å². The maximum absolute atomic E-state index is 5.67. The fourth-order valence-electron chi connectivity index (χ4n) is 2.10. The Morgan fingerprint density at radius 2 is 2.15 bits per heavy atom. The Bertz CT molecular complexity index is 499. The molecule has 0 amide bonds. The van der Waals surface area contributed by atoms with Gasteiger partial charge in [0, 0.05) is 13.2 Å². The van der Waals surface area contributed by atoms with Crippen LogP contribution in [0.15, 0.2) is 36.5 Å². The van der Waals surface area contributed by atoms with E-state index < -0.39 is 0 Å².